The van der Waals surface area contributed by atoms with Crippen LogP contribution in [-0.4, -0.2) is 11.7 Å². The minimum Gasteiger partial charge on any atom is -0.487 e. The van der Waals surface area contributed by atoms with E-state index in [4.69, 9.17) is 9.47 Å². The van der Waals surface area contributed by atoms with Gasteiger partial charge in [0.2, 0.25) is 0 Å². The molecule has 2 nitrogen and oxygen atoms in total. The highest BCUT2D eigenvalue weighted by Crippen LogP contribution is 2.42. The van der Waals surface area contributed by atoms with Gasteiger partial charge in [0.05, 0.1) is 6.10 Å². The molecule has 1 saturated carbocycles. The Morgan fingerprint density at radius 1 is 1.00 bits per heavy atom. The highest BCUT2D eigenvalue weighted by molar-refractivity contribution is 5.50. The van der Waals surface area contributed by atoms with Crippen LogP contribution >= 0.6 is 0 Å². The maximum Gasteiger partial charge on any atom is 0.165 e. The van der Waals surface area contributed by atoms with Gasteiger partial charge in [-0.05, 0) is 45.1 Å². The molecule has 0 atom stereocenters. The Morgan fingerprint density at radius 2 is 1.63 bits per heavy atom. The van der Waals surface area contributed by atoms with Crippen LogP contribution < -0.4 is 9.47 Å². The van der Waals surface area contributed by atoms with Gasteiger partial charge in [0.15, 0.2) is 11.5 Å². The Bertz CT molecular complexity index is 445. The standard InChI is InChI=1S/C17H26O2/c1-16(2,3)13-8-7-9-14(18-12-10-11-12)15(13)19-17(4,5)6/h7-9,12H,10-11H2,1-6H3. The summed E-state index contributed by atoms with van der Waals surface area (Å²) >= 11 is 0. The lowest BCUT2D eigenvalue weighted by Crippen LogP contribution is -2.26. The van der Waals surface area contributed by atoms with Crippen molar-refractivity contribution in [1.29, 1.82) is 0 Å². The lowest BCUT2D eigenvalue weighted by atomic mass is 9.86. The monoisotopic (exact) mass is 262 g/mol. The number of rotatable bonds is 3. The van der Waals surface area contributed by atoms with Crippen molar-refractivity contribution < 1.29 is 9.47 Å². The summed E-state index contributed by atoms with van der Waals surface area (Å²) in [5.74, 6) is 1.80. The molecule has 0 heterocycles. The van der Waals surface area contributed by atoms with E-state index >= 15 is 0 Å². The van der Waals surface area contributed by atoms with Crippen LogP contribution in [0.1, 0.15) is 59.9 Å². The van der Waals surface area contributed by atoms with Crippen LogP contribution in [0, 0.1) is 0 Å². The number of para-hydroxylation sites is 1. The SMILES string of the molecule is CC(C)(C)Oc1c(OC2CC2)cccc1C(C)(C)C. The van der Waals surface area contributed by atoms with E-state index in [1.54, 1.807) is 0 Å². The van der Waals surface area contributed by atoms with Gasteiger partial charge in [-0.3, -0.25) is 0 Å². The van der Waals surface area contributed by atoms with Crippen LogP contribution in [0.5, 0.6) is 11.5 Å². The van der Waals surface area contributed by atoms with Gasteiger partial charge in [0, 0.05) is 5.56 Å². The predicted octanol–water partition coefficient (Wildman–Crippen LogP) is 4.70. The van der Waals surface area contributed by atoms with E-state index in [1.807, 2.05) is 6.07 Å². The number of hydrogen-bond acceptors (Lipinski definition) is 2. The van der Waals surface area contributed by atoms with Crippen LogP contribution in [0.25, 0.3) is 0 Å². The number of ether oxygens (including phenoxy) is 2. The Hall–Kier alpha value is -1.18. The second-order valence-corrected chi connectivity index (χ2v) is 7.41. The van der Waals surface area contributed by atoms with E-state index in [9.17, 15) is 0 Å². The molecule has 1 aliphatic rings. The van der Waals surface area contributed by atoms with Crippen molar-refractivity contribution >= 4 is 0 Å². The summed E-state index contributed by atoms with van der Waals surface area (Å²) in [6, 6.07) is 6.23. The zero-order valence-electron chi connectivity index (χ0n) is 13.0. The first-order chi connectivity index (χ1) is 8.67. The molecule has 0 spiro atoms. The van der Waals surface area contributed by atoms with E-state index in [1.165, 1.54) is 5.56 Å². The Balaban J connectivity index is 2.41. The van der Waals surface area contributed by atoms with Crippen LogP contribution in [0.2, 0.25) is 0 Å². The maximum absolute atomic E-state index is 6.19. The lowest BCUT2D eigenvalue weighted by Gasteiger charge is -2.29. The molecule has 0 N–H and O–H groups in total. The third-order valence-electron chi connectivity index (χ3n) is 3.01. The van der Waals surface area contributed by atoms with Crippen molar-refractivity contribution in [1.82, 2.24) is 0 Å². The summed E-state index contributed by atoms with van der Waals surface area (Å²) in [5, 5.41) is 0. The van der Waals surface area contributed by atoms with Crippen molar-refractivity contribution in [3.8, 4) is 11.5 Å². The first-order valence-electron chi connectivity index (χ1n) is 7.16. The molecule has 0 bridgehead atoms. The average Bonchev–Trinajstić information content (AvgIpc) is 3.00. The smallest absolute Gasteiger partial charge is 0.165 e. The zero-order valence-corrected chi connectivity index (χ0v) is 13.0. The van der Waals surface area contributed by atoms with Gasteiger partial charge >= 0.3 is 0 Å². The molecule has 0 radical (unpaired) electrons. The van der Waals surface area contributed by atoms with E-state index < -0.39 is 0 Å². The normalized spacial score (nSPS) is 16.3. The summed E-state index contributed by atoms with van der Waals surface area (Å²) < 4.78 is 12.2. The highest BCUT2D eigenvalue weighted by Gasteiger charge is 2.29. The molecule has 1 aliphatic carbocycles. The topological polar surface area (TPSA) is 18.5 Å². The fourth-order valence-electron chi connectivity index (χ4n) is 1.98. The first kappa shape index (κ1) is 14.2. The van der Waals surface area contributed by atoms with E-state index in [0.29, 0.717) is 6.10 Å². The minimum absolute atomic E-state index is 0.0451. The average molecular weight is 262 g/mol. The fraction of sp³-hybridized carbons (Fsp3) is 0.647. The molecule has 106 valence electrons. The second kappa shape index (κ2) is 4.73. The summed E-state index contributed by atoms with van der Waals surface area (Å²) in [6.07, 6.45) is 2.71. The largest absolute Gasteiger partial charge is 0.487 e. The number of benzene rings is 1. The van der Waals surface area contributed by atoms with Gasteiger partial charge in [0.1, 0.15) is 5.60 Å². The van der Waals surface area contributed by atoms with Gasteiger partial charge in [-0.1, -0.05) is 32.9 Å². The summed E-state index contributed by atoms with van der Waals surface area (Å²) in [4.78, 5) is 0. The second-order valence-electron chi connectivity index (χ2n) is 7.41. The molecule has 0 saturated heterocycles. The molecule has 2 heteroatoms. The summed E-state index contributed by atoms with van der Waals surface area (Å²) in [7, 11) is 0. The molecule has 0 aromatic heterocycles. The maximum atomic E-state index is 6.19. The molecular formula is C17H26O2. The molecule has 1 aromatic carbocycles. The Labute approximate surface area is 117 Å². The zero-order chi connectivity index (χ0) is 14.3. The molecule has 1 fully saturated rings. The van der Waals surface area contributed by atoms with Gasteiger partial charge in [-0.15, -0.1) is 0 Å². The van der Waals surface area contributed by atoms with Gasteiger partial charge < -0.3 is 9.47 Å². The quantitative estimate of drug-likeness (QED) is 0.786. The van der Waals surface area contributed by atoms with Gasteiger partial charge in [-0.2, -0.15) is 0 Å². The molecule has 0 unspecified atom stereocenters. The van der Waals surface area contributed by atoms with Gasteiger partial charge in [-0.25, -0.2) is 0 Å². The van der Waals surface area contributed by atoms with Crippen LogP contribution in [0.15, 0.2) is 18.2 Å². The summed E-state index contributed by atoms with van der Waals surface area (Å²) in [5.41, 5.74) is 1.03. The first-order valence-corrected chi connectivity index (χ1v) is 7.16. The third kappa shape index (κ3) is 3.89. The fourth-order valence-corrected chi connectivity index (χ4v) is 1.98. The third-order valence-corrected chi connectivity index (χ3v) is 3.01. The van der Waals surface area contributed by atoms with Crippen LogP contribution in [0.3, 0.4) is 0 Å². The minimum atomic E-state index is -0.219. The van der Waals surface area contributed by atoms with Crippen molar-refractivity contribution in [3.05, 3.63) is 23.8 Å². The van der Waals surface area contributed by atoms with Crippen molar-refractivity contribution in [2.75, 3.05) is 0 Å². The van der Waals surface area contributed by atoms with E-state index in [-0.39, 0.29) is 11.0 Å². The summed E-state index contributed by atoms with van der Waals surface area (Å²) in [6.45, 7) is 12.9. The van der Waals surface area contributed by atoms with E-state index in [2.05, 4.69) is 53.7 Å². The van der Waals surface area contributed by atoms with Crippen molar-refractivity contribution in [2.45, 2.75) is 71.5 Å². The van der Waals surface area contributed by atoms with Crippen LogP contribution in [0.4, 0.5) is 0 Å². The van der Waals surface area contributed by atoms with E-state index in [0.717, 1.165) is 24.3 Å². The molecular weight excluding hydrogens is 236 g/mol. The van der Waals surface area contributed by atoms with Gasteiger partial charge in [0.25, 0.3) is 0 Å². The lowest BCUT2D eigenvalue weighted by molar-refractivity contribution is 0.119. The molecule has 0 aliphatic heterocycles. The molecule has 19 heavy (non-hydrogen) atoms. The molecule has 2 rings (SSSR count). The van der Waals surface area contributed by atoms with Crippen molar-refractivity contribution in [2.24, 2.45) is 0 Å². The molecule has 0 amide bonds. The number of hydrogen-bond donors (Lipinski definition) is 0. The molecule has 1 aromatic rings. The van der Waals surface area contributed by atoms with Crippen LogP contribution in [-0.2, 0) is 5.41 Å². The highest BCUT2D eigenvalue weighted by atomic mass is 16.5. The van der Waals surface area contributed by atoms with Crippen molar-refractivity contribution in [3.63, 3.8) is 0 Å². The predicted molar refractivity (Wildman–Crippen MR) is 79.2 cm³/mol. The Morgan fingerprint density at radius 3 is 2.11 bits per heavy atom. The Kier molecular flexibility index (Phi) is 3.55.